The maximum atomic E-state index is 12.5. The molecule has 0 bridgehead atoms. The molecule has 144 valence electrons. The average Bonchev–Trinajstić information content (AvgIpc) is 2.65. The van der Waals surface area contributed by atoms with Crippen LogP contribution in [0.1, 0.15) is 47.8 Å². The van der Waals surface area contributed by atoms with Crippen LogP contribution in [-0.2, 0) is 5.41 Å². The molecule has 0 aliphatic carbocycles. The Hall–Kier alpha value is -3.21. The standard InChI is InChI=1S/C23H26N4O/c1-15-10-11-16(2)20(12-15)26-21(28)17-13-24-22(25-14-17)27-19-9-7-6-8-18(19)23(3,4)5/h6-14H,1-5H3,(H,26,28)(H,24,25,27). The zero-order valence-corrected chi connectivity index (χ0v) is 17.0. The number of aromatic nitrogens is 2. The summed E-state index contributed by atoms with van der Waals surface area (Å²) in [6.45, 7) is 10.4. The molecule has 0 aliphatic heterocycles. The van der Waals surface area contributed by atoms with Crippen molar-refractivity contribution >= 4 is 23.2 Å². The van der Waals surface area contributed by atoms with Gasteiger partial charge in [0.1, 0.15) is 0 Å². The Morgan fingerprint density at radius 2 is 1.61 bits per heavy atom. The van der Waals surface area contributed by atoms with Gasteiger partial charge in [-0.3, -0.25) is 4.79 Å². The molecule has 0 radical (unpaired) electrons. The Labute approximate surface area is 166 Å². The first-order valence-corrected chi connectivity index (χ1v) is 9.31. The van der Waals surface area contributed by atoms with Gasteiger partial charge < -0.3 is 10.6 Å². The molecule has 3 aromatic rings. The predicted octanol–water partition coefficient (Wildman–Crippen LogP) is 5.39. The summed E-state index contributed by atoms with van der Waals surface area (Å²) < 4.78 is 0. The van der Waals surface area contributed by atoms with Gasteiger partial charge in [0.25, 0.3) is 5.91 Å². The number of carbonyl (C=O) groups is 1. The lowest BCUT2D eigenvalue weighted by molar-refractivity contribution is 0.102. The van der Waals surface area contributed by atoms with Crippen molar-refractivity contribution in [1.29, 1.82) is 0 Å². The van der Waals surface area contributed by atoms with E-state index >= 15 is 0 Å². The van der Waals surface area contributed by atoms with Gasteiger partial charge in [-0.2, -0.15) is 0 Å². The molecule has 1 amide bonds. The first-order chi connectivity index (χ1) is 13.2. The first kappa shape index (κ1) is 19.5. The molecule has 28 heavy (non-hydrogen) atoms. The van der Waals surface area contributed by atoms with Gasteiger partial charge in [0.05, 0.1) is 5.56 Å². The van der Waals surface area contributed by atoms with E-state index in [4.69, 9.17) is 0 Å². The van der Waals surface area contributed by atoms with Crippen LogP contribution in [0.25, 0.3) is 0 Å². The van der Waals surface area contributed by atoms with E-state index in [1.165, 1.54) is 18.0 Å². The van der Waals surface area contributed by atoms with Gasteiger partial charge in [-0.15, -0.1) is 0 Å². The van der Waals surface area contributed by atoms with Gasteiger partial charge in [0.2, 0.25) is 5.95 Å². The van der Waals surface area contributed by atoms with Crippen molar-refractivity contribution in [3.05, 3.63) is 77.1 Å². The number of benzene rings is 2. The molecular weight excluding hydrogens is 348 g/mol. The Morgan fingerprint density at radius 1 is 0.929 bits per heavy atom. The number of nitrogens with one attached hydrogen (secondary N) is 2. The summed E-state index contributed by atoms with van der Waals surface area (Å²) in [5, 5.41) is 6.18. The highest BCUT2D eigenvalue weighted by Crippen LogP contribution is 2.30. The van der Waals surface area contributed by atoms with E-state index in [2.05, 4.69) is 47.4 Å². The molecule has 0 unspecified atom stereocenters. The number of nitrogens with zero attached hydrogens (tertiary/aromatic N) is 2. The summed E-state index contributed by atoms with van der Waals surface area (Å²) in [6, 6.07) is 14.1. The quantitative estimate of drug-likeness (QED) is 0.643. The van der Waals surface area contributed by atoms with Crippen molar-refractivity contribution in [1.82, 2.24) is 9.97 Å². The topological polar surface area (TPSA) is 66.9 Å². The minimum Gasteiger partial charge on any atom is -0.324 e. The summed E-state index contributed by atoms with van der Waals surface area (Å²) in [5.74, 6) is 0.232. The van der Waals surface area contributed by atoms with Crippen molar-refractivity contribution in [3.8, 4) is 0 Å². The van der Waals surface area contributed by atoms with Crippen LogP contribution >= 0.6 is 0 Å². The predicted molar refractivity (Wildman–Crippen MR) is 114 cm³/mol. The SMILES string of the molecule is Cc1ccc(C)c(NC(=O)c2cnc(Nc3ccccc3C(C)(C)C)nc2)c1. The Balaban J connectivity index is 1.75. The molecule has 0 aliphatic rings. The van der Waals surface area contributed by atoms with Crippen molar-refractivity contribution in [2.45, 2.75) is 40.0 Å². The second-order valence-corrected chi connectivity index (χ2v) is 7.99. The monoisotopic (exact) mass is 374 g/mol. The third-order valence-corrected chi connectivity index (χ3v) is 4.54. The van der Waals surface area contributed by atoms with E-state index < -0.39 is 0 Å². The van der Waals surface area contributed by atoms with E-state index in [0.29, 0.717) is 11.5 Å². The molecule has 1 aromatic heterocycles. The molecule has 0 spiro atoms. The van der Waals surface area contributed by atoms with E-state index in [1.807, 2.05) is 50.2 Å². The first-order valence-electron chi connectivity index (χ1n) is 9.31. The lowest BCUT2D eigenvalue weighted by atomic mass is 9.86. The van der Waals surface area contributed by atoms with Gasteiger partial charge >= 0.3 is 0 Å². The molecule has 2 aromatic carbocycles. The Bertz CT molecular complexity index is 988. The van der Waals surface area contributed by atoms with Crippen LogP contribution in [0.4, 0.5) is 17.3 Å². The van der Waals surface area contributed by atoms with E-state index in [1.54, 1.807) is 0 Å². The smallest absolute Gasteiger partial charge is 0.258 e. The molecule has 0 atom stereocenters. The zero-order valence-electron chi connectivity index (χ0n) is 17.0. The number of amides is 1. The maximum absolute atomic E-state index is 12.5. The van der Waals surface area contributed by atoms with Crippen LogP contribution < -0.4 is 10.6 Å². The highest BCUT2D eigenvalue weighted by molar-refractivity contribution is 6.04. The minimum atomic E-state index is -0.227. The Kier molecular flexibility index (Phi) is 5.45. The largest absolute Gasteiger partial charge is 0.324 e. The highest BCUT2D eigenvalue weighted by Gasteiger charge is 2.18. The summed E-state index contributed by atoms with van der Waals surface area (Å²) in [6.07, 6.45) is 3.07. The molecule has 5 heteroatoms. The molecule has 0 fully saturated rings. The number of aryl methyl sites for hydroxylation is 2. The molecule has 1 heterocycles. The van der Waals surface area contributed by atoms with Crippen molar-refractivity contribution in [3.63, 3.8) is 0 Å². The zero-order chi connectivity index (χ0) is 20.3. The summed E-state index contributed by atoms with van der Waals surface area (Å²) in [5.41, 5.74) is 5.45. The number of para-hydroxylation sites is 1. The molecule has 5 nitrogen and oxygen atoms in total. The minimum absolute atomic E-state index is 0.00487. The maximum Gasteiger partial charge on any atom is 0.258 e. The third-order valence-electron chi connectivity index (χ3n) is 4.54. The van der Waals surface area contributed by atoms with E-state index in [-0.39, 0.29) is 11.3 Å². The van der Waals surface area contributed by atoms with E-state index in [0.717, 1.165) is 22.5 Å². The fraction of sp³-hybridized carbons (Fsp3) is 0.261. The second-order valence-electron chi connectivity index (χ2n) is 7.99. The summed E-state index contributed by atoms with van der Waals surface area (Å²) in [7, 11) is 0. The number of hydrogen-bond acceptors (Lipinski definition) is 4. The molecular formula is C23H26N4O. The average molecular weight is 374 g/mol. The number of hydrogen-bond donors (Lipinski definition) is 2. The lowest BCUT2D eigenvalue weighted by Crippen LogP contribution is -2.15. The highest BCUT2D eigenvalue weighted by atomic mass is 16.1. The van der Waals surface area contributed by atoms with Crippen LogP contribution in [-0.4, -0.2) is 15.9 Å². The van der Waals surface area contributed by atoms with E-state index in [9.17, 15) is 4.79 Å². The molecule has 3 rings (SSSR count). The van der Waals surface area contributed by atoms with Crippen LogP contribution in [0.3, 0.4) is 0 Å². The fourth-order valence-corrected chi connectivity index (χ4v) is 2.94. The van der Waals surface area contributed by atoms with Gasteiger partial charge in [-0.25, -0.2) is 9.97 Å². The summed E-state index contributed by atoms with van der Waals surface area (Å²) in [4.78, 5) is 21.2. The van der Waals surface area contributed by atoms with Gasteiger partial charge in [0, 0.05) is 23.8 Å². The van der Waals surface area contributed by atoms with Gasteiger partial charge in [-0.1, -0.05) is 51.1 Å². The second kappa shape index (κ2) is 7.80. The molecule has 2 N–H and O–H groups in total. The van der Waals surface area contributed by atoms with Crippen molar-refractivity contribution < 1.29 is 4.79 Å². The number of rotatable bonds is 4. The van der Waals surface area contributed by atoms with Crippen LogP contribution in [0.2, 0.25) is 0 Å². The summed E-state index contributed by atoms with van der Waals surface area (Å²) >= 11 is 0. The Morgan fingerprint density at radius 3 is 2.29 bits per heavy atom. The third kappa shape index (κ3) is 4.55. The van der Waals surface area contributed by atoms with Crippen molar-refractivity contribution in [2.75, 3.05) is 10.6 Å². The molecule has 0 saturated carbocycles. The fourth-order valence-electron chi connectivity index (χ4n) is 2.94. The molecule has 0 saturated heterocycles. The van der Waals surface area contributed by atoms with Crippen LogP contribution in [0.15, 0.2) is 54.9 Å². The normalized spacial score (nSPS) is 11.2. The van der Waals surface area contributed by atoms with Crippen molar-refractivity contribution in [2.24, 2.45) is 0 Å². The van der Waals surface area contributed by atoms with Gasteiger partial charge in [0.15, 0.2) is 0 Å². The van der Waals surface area contributed by atoms with Crippen LogP contribution in [0.5, 0.6) is 0 Å². The van der Waals surface area contributed by atoms with Crippen LogP contribution in [0, 0.1) is 13.8 Å². The number of anilines is 3. The lowest BCUT2D eigenvalue weighted by Gasteiger charge is -2.22. The number of carbonyl (C=O) groups excluding carboxylic acids is 1. The van der Waals surface area contributed by atoms with Gasteiger partial charge in [-0.05, 0) is 48.1 Å².